The summed E-state index contributed by atoms with van der Waals surface area (Å²) in [5, 5.41) is 7.04. The van der Waals surface area contributed by atoms with Gasteiger partial charge in [0.1, 0.15) is 11.5 Å². The Bertz CT molecular complexity index is 774. The number of carbonyl (C=O) groups is 2. The van der Waals surface area contributed by atoms with Crippen molar-refractivity contribution in [2.24, 2.45) is 0 Å². The Morgan fingerprint density at radius 2 is 2.24 bits per heavy atom. The third kappa shape index (κ3) is 4.04. The number of hydrogen-bond donors (Lipinski definition) is 1. The van der Waals surface area contributed by atoms with E-state index in [1.165, 1.54) is 12.1 Å². The molecular weight excluding hydrogens is 323 g/mol. The lowest BCUT2D eigenvalue weighted by Gasteiger charge is -2.17. The van der Waals surface area contributed by atoms with Crippen molar-refractivity contribution in [2.45, 2.75) is 38.9 Å². The Kier molecular flexibility index (Phi) is 5.11. The van der Waals surface area contributed by atoms with Crippen LogP contribution in [0.15, 0.2) is 36.5 Å². The van der Waals surface area contributed by atoms with Gasteiger partial charge in [-0.25, -0.2) is 4.39 Å². The van der Waals surface area contributed by atoms with Gasteiger partial charge in [0, 0.05) is 32.3 Å². The highest BCUT2D eigenvalue weighted by Gasteiger charge is 2.31. The van der Waals surface area contributed by atoms with Crippen LogP contribution in [0.1, 0.15) is 35.8 Å². The van der Waals surface area contributed by atoms with E-state index in [0.717, 1.165) is 12.0 Å². The lowest BCUT2D eigenvalue weighted by molar-refractivity contribution is -0.128. The molecule has 25 heavy (non-hydrogen) atoms. The van der Waals surface area contributed by atoms with Gasteiger partial charge in [0.25, 0.3) is 5.91 Å². The second-order valence-corrected chi connectivity index (χ2v) is 6.22. The molecule has 1 aliphatic heterocycles. The van der Waals surface area contributed by atoms with E-state index in [-0.39, 0.29) is 30.1 Å². The third-order valence-electron chi connectivity index (χ3n) is 4.20. The molecule has 2 aromatic rings. The topological polar surface area (TPSA) is 67.2 Å². The van der Waals surface area contributed by atoms with E-state index in [0.29, 0.717) is 25.3 Å². The lowest BCUT2D eigenvalue weighted by atomic mass is 10.2. The maximum Gasteiger partial charge on any atom is 0.269 e. The van der Waals surface area contributed by atoms with Crippen molar-refractivity contribution >= 4 is 11.8 Å². The molecule has 0 saturated carbocycles. The highest BCUT2D eigenvalue weighted by molar-refractivity contribution is 5.93. The molecule has 0 spiro atoms. The average Bonchev–Trinajstić information content (AvgIpc) is 3.15. The van der Waals surface area contributed by atoms with E-state index >= 15 is 0 Å². The highest BCUT2D eigenvalue weighted by Crippen LogP contribution is 2.16. The molecule has 1 N–H and O–H groups in total. The Morgan fingerprint density at radius 3 is 3.00 bits per heavy atom. The van der Waals surface area contributed by atoms with Crippen LogP contribution in [0.25, 0.3) is 0 Å². The average molecular weight is 344 g/mol. The zero-order valence-electron chi connectivity index (χ0n) is 14.1. The number of rotatable bonds is 6. The van der Waals surface area contributed by atoms with Crippen LogP contribution in [0.3, 0.4) is 0 Å². The van der Waals surface area contributed by atoms with Crippen LogP contribution in [0.5, 0.6) is 0 Å². The van der Waals surface area contributed by atoms with E-state index in [4.69, 9.17) is 0 Å². The number of nitrogens with zero attached hydrogens (tertiary/aromatic N) is 3. The van der Waals surface area contributed by atoms with Gasteiger partial charge in [-0.05, 0) is 30.2 Å². The summed E-state index contributed by atoms with van der Waals surface area (Å²) in [5.41, 5.74) is 1.24. The van der Waals surface area contributed by atoms with Gasteiger partial charge < -0.3 is 10.2 Å². The molecule has 1 unspecified atom stereocenters. The van der Waals surface area contributed by atoms with Crippen LogP contribution >= 0.6 is 0 Å². The second kappa shape index (κ2) is 7.46. The Balaban J connectivity index is 1.60. The van der Waals surface area contributed by atoms with Gasteiger partial charge in [0.05, 0.1) is 6.04 Å². The normalized spacial score (nSPS) is 17.1. The molecule has 6 nitrogen and oxygen atoms in total. The number of aryl methyl sites for hydroxylation is 1. The fourth-order valence-electron chi connectivity index (χ4n) is 3.05. The first-order valence-electron chi connectivity index (χ1n) is 8.41. The summed E-state index contributed by atoms with van der Waals surface area (Å²) in [6.07, 6.45) is 2.73. The van der Waals surface area contributed by atoms with Crippen molar-refractivity contribution in [3.05, 3.63) is 53.6 Å². The molecule has 1 aliphatic rings. The summed E-state index contributed by atoms with van der Waals surface area (Å²) in [7, 11) is 0. The van der Waals surface area contributed by atoms with Crippen LogP contribution < -0.4 is 5.32 Å². The molecule has 132 valence electrons. The first kappa shape index (κ1) is 17.1. The van der Waals surface area contributed by atoms with E-state index in [2.05, 4.69) is 10.4 Å². The quantitative estimate of drug-likeness (QED) is 0.871. The minimum atomic E-state index is -0.321. The van der Waals surface area contributed by atoms with Crippen molar-refractivity contribution in [2.75, 3.05) is 6.54 Å². The SMILES string of the molecule is CCCn1nccc1C(=O)NC1CC(=O)N(Cc2cccc(F)c2)C1. The van der Waals surface area contributed by atoms with Gasteiger partial charge in [-0.2, -0.15) is 5.10 Å². The minimum absolute atomic E-state index is 0.0448. The molecule has 2 amide bonds. The maximum atomic E-state index is 13.3. The monoisotopic (exact) mass is 344 g/mol. The molecule has 0 bridgehead atoms. The Hall–Kier alpha value is -2.70. The molecular formula is C18H21FN4O2. The number of likely N-dealkylation sites (tertiary alicyclic amines) is 1. The zero-order valence-corrected chi connectivity index (χ0v) is 14.1. The van der Waals surface area contributed by atoms with Crippen LogP contribution in [0, 0.1) is 5.82 Å². The number of carbonyl (C=O) groups excluding carboxylic acids is 2. The molecule has 1 aromatic carbocycles. The van der Waals surface area contributed by atoms with E-state index < -0.39 is 0 Å². The van der Waals surface area contributed by atoms with Crippen molar-refractivity contribution in [1.29, 1.82) is 0 Å². The number of nitrogens with one attached hydrogen (secondary N) is 1. The summed E-state index contributed by atoms with van der Waals surface area (Å²) in [6.45, 7) is 3.45. The number of halogens is 1. The Labute approximate surface area is 145 Å². The first-order valence-corrected chi connectivity index (χ1v) is 8.41. The molecule has 0 radical (unpaired) electrons. The smallest absolute Gasteiger partial charge is 0.269 e. The molecule has 2 heterocycles. The van der Waals surface area contributed by atoms with Gasteiger partial charge >= 0.3 is 0 Å². The number of aromatic nitrogens is 2. The van der Waals surface area contributed by atoms with Crippen molar-refractivity contribution < 1.29 is 14.0 Å². The van der Waals surface area contributed by atoms with Gasteiger partial charge in [-0.15, -0.1) is 0 Å². The maximum absolute atomic E-state index is 13.3. The lowest BCUT2D eigenvalue weighted by Crippen LogP contribution is -2.38. The van der Waals surface area contributed by atoms with Gasteiger partial charge in [0.2, 0.25) is 5.91 Å². The Morgan fingerprint density at radius 1 is 1.40 bits per heavy atom. The highest BCUT2D eigenvalue weighted by atomic mass is 19.1. The third-order valence-corrected chi connectivity index (χ3v) is 4.20. The predicted octanol–water partition coefficient (Wildman–Crippen LogP) is 1.96. The molecule has 1 atom stereocenters. The largest absolute Gasteiger partial charge is 0.346 e. The van der Waals surface area contributed by atoms with E-state index in [9.17, 15) is 14.0 Å². The summed E-state index contributed by atoms with van der Waals surface area (Å²) in [6, 6.07) is 7.62. The number of hydrogen-bond acceptors (Lipinski definition) is 3. The first-order chi connectivity index (χ1) is 12.1. The van der Waals surface area contributed by atoms with Crippen molar-refractivity contribution in [3.8, 4) is 0 Å². The molecule has 0 aliphatic carbocycles. The van der Waals surface area contributed by atoms with Gasteiger partial charge in [0.15, 0.2) is 0 Å². The fourth-order valence-corrected chi connectivity index (χ4v) is 3.05. The molecule has 1 saturated heterocycles. The van der Waals surface area contributed by atoms with E-state index in [1.54, 1.807) is 34.0 Å². The van der Waals surface area contributed by atoms with Crippen molar-refractivity contribution in [3.63, 3.8) is 0 Å². The van der Waals surface area contributed by atoms with Crippen LogP contribution in [-0.4, -0.2) is 39.1 Å². The van der Waals surface area contributed by atoms with Crippen LogP contribution in [0.4, 0.5) is 4.39 Å². The summed E-state index contributed by atoms with van der Waals surface area (Å²) in [5.74, 6) is -0.592. The predicted molar refractivity (Wildman–Crippen MR) is 90.2 cm³/mol. The summed E-state index contributed by atoms with van der Waals surface area (Å²) in [4.78, 5) is 26.2. The standard InChI is InChI=1S/C18H21FN4O2/c1-2-8-23-16(6-7-20-23)18(25)21-15-10-17(24)22(12-15)11-13-4-3-5-14(19)9-13/h3-7,9,15H,2,8,10-12H2,1H3,(H,21,25). The van der Waals surface area contributed by atoms with Gasteiger partial charge in [-0.1, -0.05) is 19.1 Å². The summed E-state index contributed by atoms with van der Waals surface area (Å²) < 4.78 is 14.9. The van der Waals surface area contributed by atoms with Crippen LogP contribution in [-0.2, 0) is 17.9 Å². The minimum Gasteiger partial charge on any atom is -0.346 e. The van der Waals surface area contributed by atoms with Gasteiger partial charge in [-0.3, -0.25) is 14.3 Å². The second-order valence-electron chi connectivity index (χ2n) is 6.22. The molecule has 7 heteroatoms. The fraction of sp³-hybridized carbons (Fsp3) is 0.389. The van der Waals surface area contributed by atoms with Crippen molar-refractivity contribution in [1.82, 2.24) is 20.0 Å². The molecule has 1 fully saturated rings. The number of amides is 2. The molecule has 1 aromatic heterocycles. The summed E-state index contributed by atoms with van der Waals surface area (Å²) >= 11 is 0. The zero-order chi connectivity index (χ0) is 17.8. The van der Waals surface area contributed by atoms with E-state index in [1.807, 2.05) is 6.92 Å². The number of benzene rings is 1. The molecule has 3 rings (SSSR count). The van der Waals surface area contributed by atoms with Crippen LogP contribution in [0.2, 0.25) is 0 Å².